The third-order valence-corrected chi connectivity index (χ3v) is 3.78. The quantitative estimate of drug-likeness (QED) is 0.430. The second-order valence-corrected chi connectivity index (χ2v) is 5.27. The highest BCUT2D eigenvalue weighted by molar-refractivity contribution is 5.90. The van der Waals surface area contributed by atoms with E-state index < -0.39 is 10.9 Å². The van der Waals surface area contributed by atoms with Gasteiger partial charge in [0.05, 0.1) is 35.2 Å². The van der Waals surface area contributed by atoms with Crippen molar-refractivity contribution < 1.29 is 14.5 Å². The average molecular weight is 341 g/mol. The maximum atomic E-state index is 11.5. The fourth-order valence-electron chi connectivity index (χ4n) is 2.47. The molecule has 0 aliphatic carbocycles. The average Bonchev–Trinajstić information content (AvgIpc) is 2.95. The van der Waals surface area contributed by atoms with Crippen LogP contribution in [0.2, 0.25) is 0 Å². The van der Waals surface area contributed by atoms with E-state index in [1.54, 1.807) is 0 Å². The number of aryl methyl sites for hydroxylation is 1. The standard InChI is InChI=1S/C16H15N5O4/c1-20-12-6-4-3-5-11(12)19-14(20)9-18-15-13(21(23)24)7-10(8-17-15)16(22)25-2/h3-8H,9H2,1-2H3,(H,17,18). The van der Waals surface area contributed by atoms with E-state index in [9.17, 15) is 14.9 Å². The number of pyridine rings is 1. The lowest BCUT2D eigenvalue weighted by molar-refractivity contribution is -0.384. The summed E-state index contributed by atoms with van der Waals surface area (Å²) in [5, 5.41) is 14.2. The summed E-state index contributed by atoms with van der Waals surface area (Å²) in [7, 11) is 3.07. The van der Waals surface area contributed by atoms with E-state index in [2.05, 4.69) is 20.0 Å². The van der Waals surface area contributed by atoms with Gasteiger partial charge in [0.25, 0.3) is 0 Å². The number of carbonyl (C=O) groups is 1. The molecule has 0 amide bonds. The summed E-state index contributed by atoms with van der Waals surface area (Å²) in [6.45, 7) is 0.247. The van der Waals surface area contributed by atoms with Crippen molar-refractivity contribution in [3.05, 3.63) is 58.0 Å². The molecule has 0 saturated heterocycles. The topological polar surface area (TPSA) is 112 Å². The van der Waals surface area contributed by atoms with Gasteiger partial charge in [0.15, 0.2) is 0 Å². The first-order chi connectivity index (χ1) is 12.0. The number of ether oxygens (including phenoxy) is 1. The van der Waals surface area contributed by atoms with Crippen LogP contribution in [0.25, 0.3) is 11.0 Å². The van der Waals surface area contributed by atoms with Crippen LogP contribution < -0.4 is 5.32 Å². The zero-order valence-electron chi connectivity index (χ0n) is 13.6. The number of nitrogens with zero attached hydrogens (tertiary/aromatic N) is 4. The highest BCUT2D eigenvalue weighted by atomic mass is 16.6. The van der Waals surface area contributed by atoms with Gasteiger partial charge < -0.3 is 14.6 Å². The van der Waals surface area contributed by atoms with E-state index >= 15 is 0 Å². The van der Waals surface area contributed by atoms with Crippen LogP contribution in [0.15, 0.2) is 36.5 Å². The molecular formula is C16H15N5O4. The number of imidazole rings is 1. The first kappa shape index (κ1) is 16.4. The molecule has 3 rings (SSSR count). The second kappa shape index (κ2) is 6.56. The molecule has 25 heavy (non-hydrogen) atoms. The summed E-state index contributed by atoms with van der Waals surface area (Å²) < 4.78 is 6.45. The van der Waals surface area contributed by atoms with E-state index in [1.807, 2.05) is 35.9 Å². The van der Waals surface area contributed by atoms with Crippen molar-refractivity contribution >= 4 is 28.5 Å². The molecule has 1 N–H and O–H groups in total. The summed E-state index contributed by atoms with van der Waals surface area (Å²) in [6, 6.07) is 8.78. The number of anilines is 1. The van der Waals surface area contributed by atoms with Gasteiger partial charge in [0.1, 0.15) is 5.82 Å². The van der Waals surface area contributed by atoms with Crippen LogP contribution >= 0.6 is 0 Å². The van der Waals surface area contributed by atoms with Crippen molar-refractivity contribution in [2.24, 2.45) is 7.05 Å². The fraction of sp³-hybridized carbons (Fsp3) is 0.188. The van der Waals surface area contributed by atoms with Crippen LogP contribution in [0.5, 0.6) is 0 Å². The van der Waals surface area contributed by atoms with Crippen molar-refractivity contribution in [3.63, 3.8) is 0 Å². The van der Waals surface area contributed by atoms with Crippen LogP contribution in [-0.2, 0) is 18.3 Å². The predicted molar refractivity (Wildman–Crippen MR) is 90.3 cm³/mol. The van der Waals surface area contributed by atoms with Crippen LogP contribution in [-0.4, -0.2) is 32.5 Å². The smallest absolute Gasteiger partial charge is 0.339 e. The number of esters is 1. The first-order valence-electron chi connectivity index (χ1n) is 7.38. The van der Waals surface area contributed by atoms with Gasteiger partial charge >= 0.3 is 11.7 Å². The molecule has 0 saturated carbocycles. The van der Waals surface area contributed by atoms with E-state index in [1.165, 1.54) is 13.3 Å². The number of benzene rings is 1. The summed E-state index contributed by atoms with van der Waals surface area (Å²) in [6.07, 6.45) is 1.23. The number of hydrogen-bond donors (Lipinski definition) is 1. The minimum atomic E-state index is -0.683. The Balaban J connectivity index is 1.88. The van der Waals surface area contributed by atoms with Gasteiger partial charge in [-0.15, -0.1) is 0 Å². The van der Waals surface area contributed by atoms with Gasteiger partial charge in [0.2, 0.25) is 5.82 Å². The molecule has 0 aliphatic heterocycles. The molecule has 2 aromatic heterocycles. The molecule has 1 aromatic carbocycles. The molecule has 0 unspecified atom stereocenters. The molecule has 0 aliphatic rings. The maximum absolute atomic E-state index is 11.5. The van der Waals surface area contributed by atoms with Crippen molar-refractivity contribution in [1.29, 1.82) is 0 Å². The Bertz CT molecular complexity index is 966. The zero-order valence-corrected chi connectivity index (χ0v) is 13.6. The Hall–Kier alpha value is -3.49. The van der Waals surface area contributed by atoms with E-state index in [-0.39, 0.29) is 23.6 Å². The van der Waals surface area contributed by atoms with Gasteiger partial charge in [-0.2, -0.15) is 0 Å². The normalized spacial score (nSPS) is 10.6. The zero-order chi connectivity index (χ0) is 18.0. The Labute approximate surface area is 142 Å². The number of aromatic nitrogens is 3. The Morgan fingerprint density at radius 1 is 1.40 bits per heavy atom. The van der Waals surface area contributed by atoms with Crippen LogP contribution in [0.4, 0.5) is 11.5 Å². The number of para-hydroxylation sites is 2. The van der Waals surface area contributed by atoms with E-state index in [4.69, 9.17) is 0 Å². The van der Waals surface area contributed by atoms with Gasteiger partial charge in [-0.05, 0) is 12.1 Å². The fourth-order valence-corrected chi connectivity index (χ4v) is 2.47. The van der Waals surface area contributed by atoms with Crippen molar-refractivity contribution in [1.82, 2.24) is 14.5 Å². The lowest BCUT2D eigenvalue weighted by Gasteiger charge is -2.07. The Morgan fingerprint density at radius 3 is 2.84 bits per heavy atom. The van der Waals surface area contributed by atoms with Crippen LogP contribution in [0.3, 0.4) is 0 Å². The molecule has 9 nitrogen and oxygen atoms in total. The van der Waals surface area contributed by atoms with Gasteiger partial charge in [0, 0.05) is 19.3 Å². The van der Waals surface area contributed by atoms with E-state index in [0.717, 1.165) is 17.1 Å². The lowest BCUT2D eigenvalue weighted by Crippen LogP contribution is -2.10. The number of hydrogen-bond acceptors (Lipinski definition) is 7. The van der Waals surface area contributed by atoms with E-state index in [0.29, 0.717) is 5.82 Å². The molecular weight excluding hydrogens is 326 g/mol. The molecule has 2 heterocycles. The molecule has 9 heteroatoms. The van der Waals surface area contributed by atoms with Gasteiger partial charge in [-0.3, -0.25) is 10.1 Å². The Kier molecular flexibility index (Phi) is 4.29. The number of rotatable bonds is 5. The molecule has 3 aromatic rings. The summed E-state index contributed by atoms with van der Waals surface area (Å²) in [5.74, 6) is 0.0801. The molecule has 0 fully saturated rings. The first-order valence-corrected chi connectivity index (χ1v) is 7.38. The third kappa shape index (κ3) is 3.11. The number of carbonyl (C=O) groups excluding carboxylic acids is 1. The SMILES string of the molecule is COC(=O)c1cnc(NCc2nc3ccccc3n2C)c([N+](=O)[O-])c1. The monoisotopic (exact) mass is 341 g/mol. The van der Waals surface area contributed by atoms with Crippen molar-refractivity contribution in [2.75, 3.05) is 12.4 Å². The van der Waals surface area contributed by atoms with Crippen molar-refractivity contribution in [3.8, 4) is 0 Å². The highest BCUT2D eigenvalue weighted by Gasteiger charge is 2.20. The number of nitrogens with one attached hydrogen (secondary N) is 1. The minimum absolute atomic E-state index is 0.0162. The molecule has 0 radical (unpaired) electrons. The predicted octanol–water partition coefficient (Wildman–Crippen LogP) is 2.28. The second-order valence-electron chi connectivity index (χ2n) is 5.27. The lowest BCUT2D eigenvalue weighted by atomic mass is 10.2. The highest BCUT2D eigenvalue weighted by Crippen LogP contribution is 2.24. The molecule has 0 spiro atoms. The number of methoxy groups -OCH3 is 1. The van der Waals surface area contributed by atoms with Gasteiger partial charge in [-0.1, -0.05) is 12.1 Å². The van der Waals surface area contributed by atoms with Crippen LogP contribution in [0.1, 0.15) is 16.2 Å². The molecule has 0 bridgehead atoms. The van der Waals surface area contributed by atoms with Gasteiger partial charge in [-0.25, -0.2) is 14.8 Å². The summed E-state index contributed by atoms with van der Waals surface area (Å²) >= 11 is 0. The molecule has 0 atom stereocenters. The largest absolute Gasteiger partial charge is 0.465 e. The molecule has 128 valence electrons. The Morgan fingerprint density at radius 2 is 2.16 bits per heavy atom. The van der Waals surface area contributed by atoms with Crippen LogP contribution in [0, 0.1) is 10.1 Å². The summed E-state index contributed by atoms with van der Waals surface area (Å²) in [4.78, 5) is 30.6. The minimum Gasteiger partial charge on any atom is -0.465 e. The number of fused-ring (bicyclic) bond motifs is 1. The van der Waals surface area contributed by atoms with Crippen molar-refractivity contribution in [2.45, 2.75) is 6.54 Å². The third-order valence-electron chi connectivity index (χ3n) is 3.78. The maximum Gasteiger partial charge on any atom is 0.339 e. The number of nitro groups is 1. The summed E-state index contributed by atoms with van der Waals surface area (Å²) in [5.41, 5.74) is 1.51.